The van der Waals surface area contributed by atoms with Crippen LogP contribution >= 0.6 is 0 Å². The Hall–Kier alpha value is -1.62. The molecule has 1 atom stereocenters. The van der Waals surface area contributed by atoms with Crippen LogP contribution in [0.1, 0.15) is 38.7 Å². The van der Waals surface area contributed by atoms with Crippen molar-refractivity contribution < 1.29 is 4.79 Å². The van der Waals surface area contributed by atoms with E-state index in [0.717, 1.165) is 56.8 Å². The zero-order valence-electron chi connectivity index (χ0n) is 14.3. The van der Waals surface area contributed by atoms with Crippen molar-refractivity contribution in [2.45, 2.75) is 39.7 Å². The molecule has 0 bridgehead atoms. The molecule has 1 aliphatic carbocycles. The van der Waals surface area contributed by atoms with Gasteiger partial charge < -0.3 is 15.5 Å². The lowest BCUT2D eigenvalue weighted by Crippen LogP contribution is -2.33. The van der Waals surface area contributed by atoms with Gasteiger partial charge in [0, 0.05) is 31.7 Å². The molecule has 1 saturated carbocycles. The smallest absolute Gasteiger partial charge is 0.223 e. The van der Waals surface area contributed by atoms with E-state index in [2.05, 4.69) is 40.4 Å². The van der Waals surface area contributed by atoms with Crippen LogP contribution in [-0.2, 0) is 11.3 Å². The lowest BCUT2D eigenvalue weighted by molar-refractivity contribution is -0.123. The van der Waals surface area contributed by atoms with Crippen LogP contribution < -0.4 is 15.5 Å². The number of piperidine rings is 1. The fraction of sp³-hybridized carbons (Fsp3) is 0.667. The predicted molar refractivity (Wildman–Crippen MR) is 92.3 cm³/mol. The average Bonchev–Trinajstić information content (AvgIpc) is 3.28. The van der Waals surface area contributed by atoms with Gasteiger partial charge >= 0.3 is 0 Å². The minimum Gasteiger partial charge on any atom is -0.357 e. The Balaban J connectivity index is 1.50. The highest BCUT2D eigenvalue weighted by atomic mass is 16.2. The lowest BCUT2D eigenvalue weighted by atomic mass is 9.92. The minimum atomic E-state index is 0.222. The minimum absolute atomic E-state index is 0.222. The summed E-state index contributed by atoms with van der Waals surface area (Å²) in [4.78, 5) is 19.1. The Labute approximate surface area is 138 Å². The number of pyridine rings is 1. The number of carbonyl (C=O) groups is 1. The van der Waals surface area contributed by atoms with Crippen LogP contribution in [0.25, 0.3) is 0 Å². The molecule has 1 saturated heterocycles. The van der Waals surface area contributed by atoms with E-state index in [0.29, 0.717) is 12.0 Å². The largest absolute Gasteiger partial charge is 0.357 e. The van der Waals surface area contributed by atoms with E-state index in [4.69, 9.17) is 0 Å². The summed E-state index contributed by atoms with van der Waals surface area (Å²) in [7, 11) is 0. The van der Waals surface area contributed by atoms with Gasteiger partial charge in [-0.2, -0.15) is 0 Å². The number of rotatable bonds is 6. The number of aromatic nitrogens is 1. The first-order valence-corrected chi connectivity index (χ1v) is 8.87. The Morgan fingerprint density at radius 3 is 2.70 bits per heavy atom. The summed E-state index contributed by atoms with van der Waals surface area (Å²) in [6, 6.07) is 4.11. The number of hydrogen-bond donors (Lipinski definition) is 2. The summed E-state index contributed by atoms with van der Waals surface area (Å²) in [6.45, 7) is 8.86. The van der Waals surface area contributed by atoms with Crippen LogP contribution in [-0.4, -0.2) is 37.1 Å². The van der Waals surface area contributed by atoms with Gasteiger partial charge in [0.2, 0.25) is 5.91 Å². The van der Waals surface area contributed by atoms with Gasteiger partial charge in [0.05, 0.1) is 0 Å². The molecule has 1 aromatic rings. The Morgan fingerprint density at radius 1 is 1.35 bits per heavy atom. The highest BCUT2D eigenvalue weighted by Crippen LogP contribution is 2.58. The van der Waals surface area contributed by atoms with Crippen LogP contribution in [0, 0.1) is 11.3 Å². The maximum Gasteiger partial charge on any atom is 0.223 e. The molecule has 23 heavy (non-hydrogen) atoms. The molecule has 1 aliphatic heterocycles. The Bertz CT molecular complexity index is 532. The Kier molecular flexibility index (Phi) is 4.85. The van der Waals surface area contributed by atoms with E-state index in [1.807, 2.05) is 12.3 Å². The van der Waals surface area contributed by atoms with Gasteiger partial charge in [0.15, 0.2) is 0 Å². The van der Waals surface area contributed by atoms with Crippen molar-refractivity contribution >= 4 is 11.7 Å². The highest BCUT2D eigenvalue weighted by Gasteiger charge is 2.57. The fourth-order valence-corrected chi connectivity index (χ4v) is 3.76. The van der Waals surface area contributed by atoms with E-state index in [1.165, 1.54) is 0 Å². The molecule has 126 valence electrons. The van der Waals surface area contributed by atoms with E-state index >= 15 is 0 Å². The molecule has 0 radical (unpaired) electrons. The molecular weight excluding hydrogens is 288 g/mol. The van der Waals surface area contributed by atoms with Gasteiger partial charge in [-0.05, 0) is 63.2 Å². The molecule has 2 aliphatic rings. The lowest BCUT2D eigenvalue weighted by Gasteiger charge is -2.23. The zero-order chi connectivity index (χ0) is 16.3. The third kappa shape index (κ3) is 3.50. The molecule has 3 rings (SSSR count). The van der Waals surface area contributed by atoms with Crippen molar-refractivity contribution in [3.63, 3.8) is 0 Å². The summed E-state index contributed by atoms with van der Waals surface area (Å²) < 4.78 is 0. The van der Waals surface area contributed by atoms with E-state index < -0.39 is 0 Å². The third-order valence-electron chi connectivity index (χ3n) is 5.47. The van der Waals surface area contributed by atoms with Crippen molar-refractivity contribution in [3.05, 3.63) is 23.9 Å². The van der Waals surface area contributed by atoms with Gasteiger partial charge in [-0.15, -0.1) is 0 Å². The van der Waals surface area contributed by atoms with Crippen LogP contribution in [0.15, 0.2) is 18.3 Å². The van der Waals surface area contributed by atoms with Crippen LogP contribution in [0.5, 0.6) is 0 Å². The third-order valence-corrected chi connectivity index (χ3v) is 5.47. The molecule has 1 unspecified atom stereocenters. The molecule has 0 aromatic carbocycles. The number of carbonyl (C=O) groups excluding carboxylic acids is 1. The number of nitrogens with one attached hydrogen (secondary N) is 2. The molecule has 1 aromatic heterocycles. The normalized spacial score (nSPS) is 21.9. The van der Waals surface area contributed by atoms with Gasteiger partial charge in [-0.25, -0.2) is 4.98 Å². The number of anilines is 1. The van der Waals surface area contributed by atoms with Crippen molar-refractivity contribution in [1.82, 2.24) is 15.6 Å². The molecule has 2 N–H and O–H groups in total. The van der Waals surface area contributed by atoms with E-state index in [1.54, 1.807) is 0 Å². The fourth-order valence-electron chi connectivity index (χ4n) is 3.76. The van der Waals surface area contributed by atoms with E-state index in [9.17, 15) is 4.79 Å². The van der Waals surface area contributed by atoms with E-state index in [-0.39, 0.29) is 11.8 Å². The maximum atomic E-state index is 12.4. The molecule has 1 spiro atoms. The Morgan fingerprint density at radius 2 is 2.09 bits per heavy atom. The highest BCUT2D eigenvalue weighted by molar-refractivity contribution is 5.82. The van der Waals surface area contributed by atoms with Crippen LogP contribution in [0.3, 0.4) is 0 Å². The first-order chi connectivity index (χ1) is 11.2. The van der Waals surface area contributed by atoms with Gasteiger partial charge in [-0.1, -0.05) is 6.07 Å². The molecular formula is C18H28N4O. The molecule has 2 fully saturated rings. The van der Waals surface area contributed by atoms with Crippen LogP contribution in [0.2, 0.25) is 0 Å². The first kappa shape index (κ1) is 16.2. The summed E-state index contributed by atoms with van der Waals surface area (Å²) >= 11 is 0. The zero-order valence-corrected chi connectivity index (χ0v) is 14.3. The van der Waals surface area contributed by atoms with Crippen molar-refractivity contribution in [2.75, 3.05) is 31.1 Å². The molecule has 5 heteroatoms. The first-order valence-electron chi connectivity index (χ1n) is 8.87. The quantitative estimate of drug-likeness (QED) is 0.842. The number of amides is 1. The number of nitrogens with zero attached hydrogens (tertiary/aromatic N) is 2. The topological polar surface area (TPSA) is 57.3 Å². The standard InChI is InChI=1S/C18H28N4O/c1-3-22(4-2)16-6-5-14(12-20-16)13-21-17(23)15-11-18(15)7-9-19-10-8-18/h5-6,12,15,19H,3-4,7-11,13H2,1-2H3,(H,21,23). The molecule has 1 amide bonds. The van der Waals surface area contributed by atoms with Gasteiger partial charge in [0.1, 0.15) is 5.82 Å². The van der Waals surface area contributed by atoms with Crippen molar-refractivity contribution in [3.8, 4) is 0 Å². The maximum absolute atomic E-state index is 12.4. The molecule has 5 nitrogen and oxygen atoms in total. The predicted octanol–water partition coefficient (Wildman–Crippen LogP) is 1.93. The average molecular weight is 316 g/mol. The van der Waals surface area contributed by atoms with Crippen molar-refractivity contribution in [2.24, 2.45) is 11.3 Å². The second-order valence-corrected chi connectivity index (χ2v) is 6.78. The number of hydrogen-bond acceptors (Lipinski definition) is 4. The summed E-state index contributed by atoms with van der Waals surface area (Å²) in [5, 5.41) is 6.47. The van der Waals surface area contributed by atoms with Crippen LogP contribution in [0.4, 0.5) is 5.82 Å². The summed E-state index contributed by atoms with van der Waals surface area (Å²) in [6.07, 6.45) is 5.23. The van der Waals surface area contributed by atoms with Gasteiger partial charge in [0.25, 0.3) is 0 Å². The summed E-state index contributed by atoms with van der Waals surface area (Å²) in [5.41, 5.74) is 1.37. The second-order valence-electron chi connectivity index (χ2n) is 6.78. The monoisotopic (exact) mass is 316 g/mol. The van der Waals surface area contributed by atoms with Crippen molar-refractivity contribution in [1.29, 1.82) is 0 Å². The molecule has 2 heterocycles. The van der Waals surface area contributed by atoms with Gasteiger partial charge in [-0.3, -0.25) is 4.79 Å². The second kappa shape index (κ2) is 6.87. The SMILES string of the molecule is CCN(CC)c1ccc(CNC(=O)C2CC23CCNCC3)cn1. The summed E-state index contributed by atoms with van der Waals surface area (Å²) in [5.74, 6) is 1.45.